The number of nitrogens with two attached hydrogens (primary N) is 1. The molecule has 0 fully saturated rings. The summed E-state index contributed by atoms with van der Waals surface area (Å²) in [6, 6.07) is 11.6. The summed E-state index contributed by atoms with van der Waals surface area (Å²) < 4.78 is 18.2. The summed E-state index contributed by atoms with van der Waals surface area (Å²) in [7, 11) is 0. The molecule has 2 aromatic carbocycles. The van der Waals surface area contributed by atoms with Crippen molar-refractivity contribution in [3.05, 3.63) is 58.9 Å². The van der Waals surface area contributed by atoms with Crippen LogP contribution >= 0.6 is 11.6 Å². The molecule has 3 rings (SSSR count). The third-order valence-electron chi connectivity index (χ3n) is 3.17. The Morgan fingerprint density at radius 2 is 1.81 bits per heavy atom. The molecule has 0 atom stereocenters. The van der Waals surface area contributed by atoms with Gasteiger partial charge >= 0.3 is 0 Å². The molecule has 0 spiro atoms. The van der Waals surface area contributed by atoms with Crippen LogP contribution in [0.15, 0.2) is 47.0 Å². The molecule has 2 N–H and O–H groups in total. The molecule has 3 nitrogen and oxygen atoms in total. The molecule has 0 aliphatic carbocycles. The highest BCUT2D eigenvalue weighted by atomic mass is 35.5. The van der Waals surface area contributed by atoms with Gasteiger partial charge in [-0.3, -0.25) is 0 Å². The molecule has 0 bridgehead atoms. The van der Waals surface area contributed by atoms with Gasteiger partial charge in [0.15, 0.2) is 0 Å². The molecule has 0 saturated carbocycles. The Morgan fingerprint density at radius 1 is 1.10 bits per heavy atom. The highest BCUT2D eigenvalue weighted by molar-refractivity contribution is 6.31. The summed E-state index contributed by atoms with van der Waals surface area (Å²) >= 11 is 6.09. The first kappa shape index (κ1) is 13.6. The van der Waals surface area contributed by atoms with Crippen molar-refractivity contribution in [1.29, 1.82) is 0 Å². The van der Waals surface area contributed by atoms with E-state index in [0.717, 1.165) is 16.7 Å². The second-order valence-corrected chi connectivity index (χ2v) is 5.23. The Kier molecular flexibility index (Phi) is 3.39. The maximum Gasteiger partial charge on any atom is 0.230 e. The second kappa shape index (κ2) is 5.22. The van der Waals surface area contributed by atoms with E-state index in [1.807, 2.05) is 19.1 Å². The normalized spacial score (nSPS) is 10.8. The van der Waals surface area contributed by atoms with Crippen molar-refractivity contribution in [3.8, 4) is 22.4 Å². The van der Waals surface area contributed by atoms with Gasteiger partial charge in [-0.1, -0.05) is 28.9 Å². The van der Waals surface area contributed by atoms with E-state index in [9.17, 15) is 4.39 Å². The first-order valence-corrected chi connectivity index (χ1v) is 6.71. The fraction of sp³-hybridized carbons (Fsp3) is 0.0625. The summed E-state index contributed by atoms with van der Waals surface area (Å²) in [5, 5.41) is 4.62. The molecule has 3 aromatic rings. The Hall–Kier alpha value is -2.33. The summed E-state index contributed by atoms with van der Waals surface area (Å²) in [4.78, 5) is 0. The number of aryl methyl sites for hydroxylation is 1. The van der Waals surface area contributed by atoms with Crippen LogP contribution in [0.4, 0.5) is 10.3 Å². The molecule has 0 aliphatic rings. The Balaban J connectivity index is 2.19. The fourth-order valence-corrected chi connectivity index (χ4v) is 2.56. The number of aromatic nitrogens is 1. The van der Waals surface area contributed by atoms with E-state index >= 15 is 0 Å². The molecule has 5 heteroatoms. The number of nitrogen functional groups attached to an aromatic ring is 1. The van der Waals surface area contributed by atoms with Crippen LogP contribution in [0.3, 0.4) is 0 Å². The zero-order chi connectivity index (χ0) is 15.0. The maximum absolute atomic E-state index is 13.1. The van der Waals surface area contributed by atoms with Crippen molar-refractivity contribution < 1.29 is 8.91 Å². The lowest BCUT2D eigenvalue weighted by molar-refractivity contribution is 0.439. The van der Waals surface area contributed by atoms with E-state index in [1.165, 1.54) is 12.1 Å². The van der Waals surface area contributed by atoms with Crippen LogP contribution in [-0.4, -0.2) is 5.16 Å². The third-order valence-corrected chi connectivity index (χ3v) is 3.39. The number of rotatable bonds is 2. The van der Waals surface area contributed by atoms with Crippen LogP contribution in [-0.2, 0) is 0 Å². The van der Waals surface area contributed by atoms with Crippen LogP contribution in [0.25, 0.3) is 22.4 Å². The highest BCUT2D eigenvalue weighted by Crippen LogP contribution is 2.37. The van der Waals surface area contributed by atoms with E-state index < -0.39 is 0 Å². The van der Waals surface area contributed by atoms with E-state index in [-0.39, 0.29) is 11.7 Å². The smallest absolute Gasteiger partial charge is 0.230 e. The lowest BCUT2D eigenvalue weighted by Crippen LogP contribution is -1.89. The predicted octanol–water partition coefficient (Wildman–Crippen LogP) is 4.69. The molecule has 106 valence electrons. The summed E-state index contributed by atoms with van der Waals surface area (Å²) in [5.74, 6) is -0.122. The van der Waals surface area contributed by atoms with Crippen LogP contribution in [0.1, 0.15) is 5.56 Å². The van der Waals surface area contributed by atoms with Gasteiger partial charge in [0.2, 0.25) is 5.88 Å². The van der Waals surface area contributed by atoms with Crippen molar-refractivity contribution in [2.45, 2.75) is 6.92 Å². The Labute approximate surface area is 126 Å². The zero-order valence-corrected chi connectivity index (χ0v) is 12.0. The number of nitrogens with zero attached hydrogens (tertiary/aromatic N) is 1. The molecule has 0 aliphatic heterocycles. The quantitative estimate of drug-likeness (QED) is 0.747. The molecule has 0 saturated heterocycles. The van der Waals surface area contributed by atoms with Crippen molar-refractivity contribution in [2.24, 2.45) is 0 Å². The van der Waals surface area contributed by atoms with E-state index in [4.69, 9.17) is 21.9 Å². The van der Waals surface area contributed by atoms with Gasteiger partial charge in [0, 0.05) is 10.6 Å². The Bertz CT molecular complexity index is 776. The number of hydrogen-bond acceptors (Lipinski definition) is 3. The zero-order valence-electron chi connectivity index (χ0n) is 11.2. The number of hydrogen-bond donors (Lipinski definition) is 1. The third kappa shape index (κ3) is 2.62. The summed E-state index contributed by atoms with van der Waals surface area (Å²) in [6.45, 7) is 1.94. The minimum absolute atomic E-state index is 0.189. The standard InChI is InChI=1S/C16H12ClFN2O/c1-9-6-11(8-12(17)7-9)15-14(16(19)21-20-15)10-2-4-13(18)5-3-10/h2-8H,19H2,1H3. The van der Waals surface area contributed by atoms with Gasteiger partial charge in [0.25, 0.3) is 0 Å². The molecule has 0 unspecified atom stereocenters. The van der Waals surface area contributed by atoms with Gasteiger partial charge < -0.3 is 10.3 Å². The second-order valence-electron chi connectivity index (χ2n) is 4.79. The minimum Gasteiger partial charge on any atom is -0.367 e. The molecule has 1 heterocycles. The van der Waals surface area contributed by atoms with Gasteiger partial charge in [0.1, 0.15) is 11.5 Å². The number of benzene rings is 2. The van der Waals surface area contributed by atoms with E-state index in [2.05, 4.69) is 5.16 Å². The van der Waals surface area contributed by atoms with Crippen molar-refractivity contribution in [2.75, 3.05) is 5.73 Å². The first-order valence-electron chi connectivity index (χ1n) is 6.33. The van der Waals surface area contributed by atoms with Crippen molar-refractivity contribution in [1.82, 2.24) is 5.16 Å². The highest BCUT2D eigenvalue weighted by Gasteiger charge is 2.18. The maximum atomic E-state index is 13.1. The lowest BCUT2D eigenvalue weighted by Gasteiger charge is -2.05. The van der Waals surface area contributed by atoms with Crippen molar-refractivity contribution >= 4 is 17.5 Å². The van der Waals surface area contributed by atoms with E-state index in [1.54, 1.807) is 18.2 Å². The minimum atomic E-state index is -0.311. The molecular weight excluding hydrogens is 291 g/mol. The van der Waals surface area contributed by atoms with Crippen molar-refractivity contribution in [3.63, 3.8) is 0 Å². The van der Waals surface area contributed by atoms with E-state index in [0.29, 0.717) is 16.3 Å². The number of anilines is 1. The predicted molar refractivity (Wildman–Crippen MR) is 81.5 cm³/mol. The average Bonchev–Trinajstić information content (AvgIpc) is 2.80. The summed E-state index contributed by atoms with van der Waals surface area (Å²) in [6.07, 6.45) is 0. The van der Waals surface area contributed by atoms with Gasteiger partial charge in [-0.25, -0.2) is 4.39 Å². The molecule has 0 amide bonds. The SMILES string of the molecule is Cc1cc(Cl)cc(-c2noc(N)c2-c2ccc(F)cc2)c1. The van der Waals surface area contributed by atoms with Crippen LogP contribution < -0.4 is 5.73 Å². The lowest BCUT2D eigenvalue weighted by atomic mass is 10.00. The van der Waals surface area contributed by atoms with Crippen LogP contribution in [0.5, 0.6) is 0 Å². The Morgan fingerprint density at radius 3 is 2.48 bits per heavy atom. The molecule has 0 radical (unpaired) electrons. The van der Waals surface area contributed by atoms with Crippen LogP contribution in [0.2, 0.25) is 5.02 Å². The topological polar surface area (TPSA) is 52.0 Å². The molecule has 1 aromatic heterocycles. The molecular formula is C16H12ClFN2O. The monoisotopic (exact) mass is 302 g/mol. The summed E-state index contributed by atoms with van der Waals surface area (Å²) in [5.41, 5.74) is 9.64. The fourth-order valence-electron chi connectivity index (χ4n) is 2.27. The first-order chi connectivity index (χ1) is 10.0. The van der Waals surface area contributed by atoms with Gasteiger partial charge in [0.05, 0.1) is 5.56 Å². The van der Waals surface area contributed by atoms with Gasteiger partial charge in [-0.05, 0) is 48.4 Å². The van der Waals surface area contributed by atoms with Crippen LogP contribution in [0, 0.1) is 12.7 Å². The average molecular weight is 303 g/mol. The largest absolute Gasteiger partial charge is 0.367 e. The molecule has 21 heavy (non-hydrogen) atoms. The van der Waals surface area contributed by atoms with Gasteiger partial charge in [-0.2, -0.15) is 0 Å². The number of halogens is 2. The van der Waals surface area contributed by atoms with Gasteiger partial charge in [-0.15, -0.1) is 0 Å².